The van der Waals surface area contributed by atoms with Crippen LogP contribution in [0.2, 0.25) is 5.02 Å². The summed E-state index contributed by atoms with van der Waals surface area (Å²) >= 11 is 6.35. The Hall–Kier alpha value is -3.32. The van der Waals surface area contributed by atoms with E-state index in [0.717, 1.165) is 35.8 Å². The van der Waals surface area contributed by atoms with Gasteiger partial charge >= 0.3 is 17.7 Å². The molecule has 1 aromatic heterocycles. The summed E-state index contributed by atoms with van der Waals surface area (Å²) in [5.41, 5.74) is 2.40. The third-order valence-electron chi connectivity index (χ3n) is 5.39. The first-order valence-corrected chi connectivity index (χ1v) is 10.8. The van der Waals surface area contributed by atoms with Crippen molar-refractivity contribution in [3.05, 3.63) is 74.6 Å². The number of halogens is 1. The van der Waals surface area contributed by atoms with E-state index < -0.39 is 18.1 Å². The van der Waals surface area contributed by atoms with Gasteiger partial charge in [-0.05, 0) is 49.8 Å². The molecule has 0 saturated heterocycles. The van der Waals surface area contributed by atoms with Crippen molar-refractivity contribution >= 4 is 34.6 Å². The first kappa shape index (κ1) is 21.9. The van der Waals surface area contributed by atoms with Crippen molar-refractivity contribution in [2.75, 3.05) is 0 Å². The van der Waals surface area contributed by atoms with E-state index in [9.17, 15) is 14.4 Å². The van der Waals surface area contributed by atoms with Gasteiger partial charge in [-0.2, -0.15) is 0 Å². The fourth-order valence-electron chi connectivity index (χ4n) is 3.72. The average molecular weight is 456 g/mol. The Morgan fingerprint density at radius 1 is 1.12 bits per heavy atom. The van der Waals surface area contributed by atoms with Gasteiger partial charge in [-0.3, -0.25) is 0 Å². The lowest BCUT2D eigenvalue weighted by atomic mass is 9.91. The minimum atomic E-state index is -0.986. The van der Waals surface area contributed by atoms with Crippen LogP contribution in [0, 0.1) is 0 Å². The van der Waals surface area contributed by atoms with Crippen molar-refractivity contribution in [1.29, 1.82) is 0 Å². The molecule has 1 aliphatic rings. The highest BCUT2D eigenvalue weighted by Crippen LogP contribution is 2.34. The number of aryl methyl sites for hydroxylation is 1. The maximum atomic E-state index is 12.5. The smallest absolute Gasteiger partial charge is 0.408 e. The molecule has 1 amide bonds. The van der Waals surface area contributed by atoms with Crippen molar-refractivity contribution in [1.82, 2.24) is 5.32 Å². The number of alkyl carbamates (subject to hydrolysis) is 1. The standard InChI is InChI=1S/C24H22ClNO6/c1-14(26-24(29)30-13-15-7-3-2-4-8-15)22(27)32-21-12-20-18(11-19(21)25)16-9-5-6-10-17(16)23(28)31-20/h2-4,7-8,11-12,14H,5-6,9-10,13H2,1H3,(H,26,29)/t14-/m1/s1. The summed E-state index contributed by atoms with van der Waals surface area (Å²) < 4.78 is 15.9. The monoisotopic (exact) mass is 455 g/mol. The van der Waals surface area contributed by atoms with E-state index in [1.54, 1.807) is 6.07 Å². The summed E-state index contributed by atoms with van der Waals surface area (Å²) in [6.45, 7) is 1.55. The molecule has 0 aliphatic heterocycles. The zero-order valence-corrected chi connectivity index (χ0v) is 18.2. The minimum absolute atomic E-state index is 0.0504. The van der Waals surface area contributed by atoms with Crippen molar-refractivity contribution in [2.45, 2.75) is 45.3 Å². The number of carbonyl (C=O) groups is 2. The highest BCUT2D eigenvalue weighted by atomic mass is 35.5. The molecule has 8 heteroatoms. The van der Waals surface area contributed by atoms with Gasteiger partial charge in [0.05, 0.1) is 5.02 Å². The summed E-state index contributed by atoms with van der Waals surface area (Å²) in [6, 6.07) is 11.3. The first-order valence-electron chi connectivity index (χ1n) is 10.4. The van der Waals surface area contributed by atoms with Crippen LogP contribution in [0.3, 0.4) is 0 Å². The van der Waals surface area contributed by atoms with Gasteiger partial charge in [0.1, 0.15) is 18.2 Å². The van der Waals surface area contributed by atoms with E-state index in [4.69, 9.17) is 25.5 Å². The third kappa shape index (κ3) is 4.78. The largest absolute Gasteiger partial charge is 0.445 e. The number of ether oxygens (including phenoxy) is 2. The number of amides is 1. The van der Waals surface area contributed by atoms with E-state index >= 15 is 0 Å². The van der Waals surface area contributed by atoms with E-state index in [1.165, 1.54) is 13.0 Å². The van der Waals surface area contributed by atoms with Gasteiger partial charge in [-0.1, -0.05) is 41.9 Å². The summed E-state index contributed by atoms with van der Waals surface area (Å²) in [6.07, 6.45) is 2.65. The molecular formula is C24H22ClNO6. The Kier molecular flexibility index (Phi) is 6.46. The SMILES string of the molecule is C[C@@H](NC(=O)OCc1ccccc1)C(=O)Oc1cc2oc(=O)c3c(c2cc1Cl)CCCC3. The average Bonchev–Trinajstić information content (AvgIpc) is 2.79. The van der Waals surface area contributed by atoms with Gasteiger partial charge in [0.15, 0.2) is 5.75 Å². The van der Waals surface area contributed by atoms with Crippen LogP contribution in [0.5, 0.6) is 5.75 Å². The second kappa shape index (κ2) is 9.44. The first-order chi connectivity index (χ1) is 15.4. The van der Waals surface area contributed by atoms with E-state index in [2.05, 4.69) is 5.32 Å². The van der Waals surface area contributed by atoms with Crippen molar-refractivity contribution in [3.8, 4) is 5.75 Å². The lowest BCUT2D eigenvalue weighted by molar-refractivity contribution is -0.136. The molecule has 0 radical (unpaired) electrons. The van der Waals surface area contributed by atoms with Gasteiger partial charge in [0, 0.05) is 17.0 Å². The maximum Gasteiger partial charge on any atom is 0.408 e. The predicted molar refractivity (Wildman–Crippen MR) is 119 cm³/mol. The molecule has 1 aliphatic carbocycles. The van der Waals surface area contributed by atoms with Gasteiger partial charge < -0.3 is 19.2 Å². The van der Waals surface area contributed by atoms with E-state index in [1.807, 2.05) is 30.3 Å². The molecule has 0 saturated carbocycles. The second-order valence-corrected chi connectivity index (χ2v) is 8.09. The van der Waals surface area contributed by atoms with Crippen LogP contribution < -0.4 is 15.7 Å². The van der Waals surface area contributed by atoms with Crippen LogP contribution in [-0.2, 0) is 29.0 Å². The van der Waals surface area contributed by atoms with Crippen LogP contribution in [0.1, 0.15) is 36.5 Å². The molecule has 0 spiro atoms. The molecule has 4 rings (SSSR count). The lowest BCUT2D eigenvalue weighted by Crippen LogP contribution is -2.41. The molecule has 1 heterocycles. The molecule has 0 fully saturated rings. The Morgan fingerprint density at radius 3 is 2.59 bits per heavy atom. The number of rotatable bonds is 5. The van der Waals surface area contributed by atoms with Crippen molar-refractivity contribution < 1.29 is 23.5 Å². The molecular weight excluding hydrogens is 434 g/mol. The Bertz CT molecular complexity index is 1220. The van der Waals surface area contributed by atoms with Gasteiger partial charge in [-0.15, -0.1) is 0 Å². The van der Waals surface area contributed by atoms with Crippen LogP contribution in [0.4, 0.5) is 4.79 Å². The summed E-state index contributed by atoms with van der Waals surface area (Å²) in [4.78, 5) is 36.8. The normalized spacial score (nSPS) is 13.8. The zero-order chi connectivity index (χ0) is 22.7. The number of benzene rings is 2. The predicted octanol–water partition coefficient (Wildman–Crippen LogP) is 4.55. The topological polar surface area (TPSA) is 94.8 Å². The lowest BCUT2D eigenvalue weighted by Gasteiger charge is -2.17. The Balaban J connectivity index is 1.44. The highest BCUT2D eigenvalue weighted by Gasteiger charge is 2.23. The molecule has 1 atom stereocenters. The number of hydrogen-bond donors (Lipinski definition) is 1. The molecule has 166 valence electrons. The molecule has 32 heavy (non-hydrogen) atoms. The summed E-state index contributed by atoms with van der Waals surface area (Å²) in [5, 5.41) is 3.39. The van der Waals surface area contributed by atoms with Crippen molar-refractivity contribution in [3.63, 3.8) is 0 Å². The number of esters is 1. The maximum absolute atomic E-state index is 12.5. The van der Waals surface area contributed by atoms with Gasteiger partial charge in [-0.25, -0.2) is 14.4 Å². The molecule has 7 nitrogen and oxygen atoms in total. The quantitative estimate of drug-likeness (QED) is 0.344. The number of nitrogens with one attached hydrogen (secondary N) is 1. The fourth-order valence-corrected chi connectivity index (χ4v) is 3.92. The summed E-state index contributed by atoms with van der Waals surface area (Å²) in [5.74, 6) is -0.683. The van der Waals surface area contributed by atoms with E-state index in [-0.39, 0.29) is 23.0 Å². The molecule has 0 unspecified atom stereocenters. The molecule has 3 aromatic rings. The van der Waals surface area contributed by atoms with E-state index in [0.29, 0.717) is 17.6 Å². The van der Waals surface area contributed by atoms with Crippen LogP contribution in [0.15, 0.2) is 51.7 Å². The van der Waals surface area contributed by atoms with Crippen LogP contribution >= 0.6 is 11.6 Å². The third-order valence-corrected chi connectivity index (χ3v) is 5.68. The van der Waals surface area contributed by atoms with Gasteiger partial charge in [0.25, 0.3) is 0 Å². The highest BCUT2D eigenvalue weighted by molar-refractivity contribution is 6.33. The molecule has 2 aromatic carbocycles. The molecule has 0 bridgehead atoms. The molecule has 1 N–H and O–H groups in total. The number of fused-ring (bicyclic) bond motifs is 3. The van der Waals surface area contributed by atoms with Crippen LogP contribution in [-0.4, -0.2) is 18.1 Å². The number of hydrogen-bond acceptors (Lipinski definition) is 6. The Labute approximate surface area is 189 Å². The van der Waals surface area contributed by atoms with Crippen molar-refractivity contribution in [2.24, 2.45) is 0 Å². The Morgan fingerprint density at radius 2 is 1.84 bits per heavy atom. The fraction of sp³-hybridized carbons (Fsp3) is 0.292. The minimum Gasteiger partial charge on any atom is -0.445 e. The van der Waals surface area contributed by atoms with Crippen LogP contribution in [0.25, 0.3) is 11.0 Å². The number of carbonyl (C=O) groups excluding carboxylic acids is 2. The zero-order valence-electron chi connectivity index (χ0n) is 17.5. The summed E-state index contributed by atoms with van der Waals surface area (Å²) in [7, 11) is 0. The van der Waals surface area contributed by atoms with Gasteiger partial charge in [0.2, 0.25) is 0 Å². The second-order valence-electron chi connectivity index (χ2n) is 7.68.